The summed E-state index contributed by atoms with van der Waals surface area (Å²) in [4.78, 5) is 23.4. The number of halogens is 1. The van der Waals surface area contributed by atoms with Gasteiger partial charge in [-0.25, -0.2) is 9.37 Å². The highest BCUT2D eigenvalue weighted by atomic mass is 19.1. The topological polar surface area (TPSA) is 62.5 Å². The number of likely N-dealkylation sites (N-methyl/N-ethyl adjacent to an activating group) is 1. The van der Waals surface area contributed by atoms with Gasteiger partial charge >= 0.3 is 0 Å². The van der Waals surface area contributed by atoms with Gasteiger partial charge in [-0.15, -0.1) is 0 Å². The molecule has 26 heavy (non-hydrogen) atoms. The largest absolute Gasteiger partial charge is 0.349 e. The molecular formula is C19H22FN5O. The standard InChI is InChI=1S/C19H22FN5O/c1-3-24(4-2)11-9-22-19(26)16-13-25-12-10-21-17(18(25)23-16)14-5-7-15(20)8-6-14/h5-8,10,12-13H,3-4,9,11H2,1-2H3,(H,22,26). The lowest BCUT2D eigenvalue weighted by Gasteiger charge is -2.17. The molecular weight excluding hydrogens is 333 g/mol. The summed E-state index contributed by atoms with van der Waals surface area (Å²) in [6, 6.07) is 6.06. The molecule has 0 aliphatic carbocycles. The lowest BCUT2D eigenvalue weighted by Crippen LogP contribution is -2.34. The number of hydrogen-bond donors (Lipinski definition) is 1. The van der Waals surface area contributed by atoms with Crippen LogP contribution in [0.5, 0.6) is 0 Å². The number of hydrogen-bond acceptors (Lipinski definition) is 4. The summed E-state index contributed by atoms with van der Waals surface area (Å²) in [6.07, 6.45) is 5.05. The first-order valence-electron chi connectivity index (χ1n) is 8.72. The van der Waals surface area contributed by atoms with Crippen LogP contribution in [0, 0.1) is 5.82 Å². The minimum absolute atomic E-state index is 0.217. The molecule has 0 atom stereocenters. The lowest BCUT2D eigenvalue weighted by atomic mass is 10.1. The molecule has 0 aliphatic heterocycles. The van der Waals surface area contributed by atoms with Gasteiger partial charge in [0.05, 0.1) is 0 Å². The van der Waals surface area contributed by atoms with Crippen LogP contribution in [0.2, 0.25) is 0 Å². The van der Waals surface area contributed by atoms with Crippen molar-refractivity contribution in [2.45, 2.75) is 13.8 Å². The number of fused-ring (bicyclic) bond motifs is 1. The van der Waals surface area contributed by atoms with Crippen molar-refractivity contribution in [3.05, 3.63) is 54.4 Å². The summed E-state index contributed by atoms with van der Waals surface area (Å²) in [5.41, 5.74) is 2.25. The van der Waals surface area contributed by atoms with Gasteiger partial charge in [-0.05, 0) is 37.4 Å². The van der Waals surface area contributed by atoms with E-state index >= 15 is 0 Å². The molecule has 2 heterocycles. The van der Waals surface area contributed by atoms with Crippen molar-refractivity contribution >= 4 is 11.6 Å². The second-order valence-electron chi connectivity index (χ2n) is 5.92. The van der Waals surface area contributed by atoms with Crippen molar-refractivity contribution in [3.8, 4) is 11.3 Å². The van der Waals surface area contributed by atoms with Gasteiger partial charge in [0, 0.05) is 37.2 Å². The first-order valence-corrected chi connectivity index (χ1v) is 8.72. The Morgan fingerprint density at radius 3 is 2.65 bits per heavy atom. The number of carbonyl (C=O) groups excluding carboxylic acids is 1. The van der Waals surface area contributed by atoms with E-state index < -0.39 is 0 Å². The minimum atomic E-state index is -0.308. The number of imidazole rings is 1. The summed E-state index contributed by atoms with van der Waals surface area (Å²) in [6.45, 7) is 7.46. The van der Waals surface area contributed by atoms with E-state index in [0.717, 1.165) is 25.2 Å². The fourth-order valence-electron chi connectivity index (χ4n) is 2.80. The monoisotopic (exact) mass is 355 g/mol. The first-order chi connectivity index (χ1) is 12.6. The van der Waals surface area contributed by atoms with Crippen molar-refractivity contribution < 1.29 is 9.18 Å². The molecule has 2 aromatic heterocycles. The van der Waals surface area contributed by atoms with Crippen LogP contribution < -0.4 is 5.32 Å². The molecule has 0 unspecified atom stereocenters. The van der Waals surface area contributed by atoms with Gasteiger partial charge in [-0.2, -0.15) is 0 Å². The maximum Gasteiger partial charge on any atom is 0.271 e. The van der Waals surface area contributed by atoms with E-state index in [1.54, 1.807) is 35.1 Å². The fourth-order valence-corrected chi connectivity index (χ4v) is 2.80. The first kappa shape index (κ1) is 18.0. The van der Waals surface area contributed by atoms with Crippen LogP contribution in [0.1, 0.15) is 24.3 Å². The molecule has 1 amide bonds. The number of aromatic nitrogens is 3. The van der Waals surface area contributed by atoms with E-state index in [2.05, 4.69) is 34.0 Å². The van der Waals surface area contributed by atoms with Crippen LogP contribution in [0.15, 0.2) is 42.9 Å². The number of amides is 1. The van der Waals surface area contributed by atoms with E-state index in [1.807, 2.05) is 0 Å². The predicted molar refractivity (Wildman–Crippen MR) is 98.5 cm³/mol. The Kier molecular flexibility index (Phi) is 5.58. The summed E-state index contributed by atoms with van der Waals surface area (Å²) in [7, 11) is 0. The van der Waals surface area contributed by atoms with Gasteiger partial charge in [0.2, 0.25) is 0 Å². The number of nitrogens with zero attached hydrogens (tertiary/aromatic N) is 4. The molecule has 136 valence electrons. The Balaban J connectivity index is 1.80. The third-order valence-electron chi connectivity index (χ3n) is 4.33. The molecule has 0 bridgehead atoms. The Morgan fingerprint density at radius 1 is 1.23 bits per heavy atom. The Morgan fingerprint density at radius 2 is 1.96 bits per heavy atom. The molecule has 6 nitrogen and oxygen atoms in total. The minimum Gasteiger partial charge on any atom is -0.349 e. The third-order valence-corrected chi connectivity index (χ3v) is 4.33. The third kappa shape index (κ3) is 3.88. The second-order valence-corrected chi connectivity index (χ2v) is 5.92. The van der Waals surface area contributed by atoms with Crippen LogP contribution >= 0.6 is 0 Å². The van der Waals surface area contributed by atoms with E-state index in [4.69, 9.17) is 0 Å². The van der Waals surface area contributed by atoms with Crippen LogP contribution in [0.3, 0.4) is 0 Å². The highest BCUT2D eigenvalue weighted by molar-refractivity contribution is 5.93. The molecule has 3 rings (SSSR count). The van der Waals surface area contributed by atoms with E-state index in [1.165, 1.54) is 12.1 Å². The van der Waals surface area contributed by atoms with Gasteiger partial charge < -0.3 is 14.6 Å². The summed E-state index contributed by atoms with van der Waals surface area (Å²) < 4.78 is 14.9. The molecule has 0 radical (unpaired) electrons. The van der Waals surface area contributed by atoms with Gasteiger partial charge in [0.15, 0.2) is 5.65 Å². The van der Waals surface area contributed by atoms with E-state index in [9.17, 15) is 9.18 Å². The van der Waals surface area contributed by atoms with Crippen LogP contribution in [-0.4, -0.2) is 51.4 Å². The normalized spacial score (nSPS) is 11.2. The second kappa shape index (κ2) is 8.05. The molecule has 0 aliphatic rings. The van der Waals surface area contributed by atoms with Crippen LogP contribution in [-0.2, 0) is 0 Å². The molecule has 1 N–H and O–H groups in total. The molecule has 0 saturated carbocycles. The van der Waals surface area contributed by atoms with Crippen molar-refractivity contribution in [2.24, 2.45) is 0 Å². The van der Waals surface area contributed by atoms with Crippen molar-refractivity contribution in [1.29, 1.82) is 0 Å². The molecule has 1 aromatic carbocycles. The molecule has 0 saturated heterocycles. The number of benzene rings is 1. The summed E-state index contributed by atoms with van der Waals surface area (Å²) >= 11 is 0. The zero-order chi connectivity index (χ0) is 18.5. The maximum atomic E-state index is 13.2. The summed E-state index contributed by atoms with van der Waals surface area (Å²) in [5, 5.41) is 2.90. The van der Waals surface area contributed by atoms with Crippen molar-refractivity contribution in [1.82, 2.24) is 24.6 Å². The Bertz CT molecular complexity index is 887. The lowest BCUT2D eigenvalue weighted by molar-refractivity contribution is 0.0944. The Labute approximate surface area is 151 Å². The average Bonchev–Trinajstić information content (AvgIpc) is 3.10. The quantitative estimate of drug-likeness (QED) is 0.708. The summed E-state index contributed by atoms with van der Waals surface area (Å²) in [5.74, 6) is -0.525. The van der Waals surface area contributed by atoms with E-state index in [0.29, 0.717) is 23.6 Å². The zero-order valence-corrected chi connectivity index (χ0v) is 14.9. The Hall–Kier alpha value is -2.80. The highest BCUT2D eigenvalue weighted by Crippen LogP contribution is 2.22. The predicted octanol–water partition coefficient (Wildman–Crippen LogP) is 2.61. The zero-order valence-electron chi connectivity index (χ0n) is 14.9. The van der Waals surface area contributed by atoms with Gasteiger partial charge in [-0.1, -0.05) is 13.8 Å². The smallest absolute Gasteiger partial charge is 0.271 e. The number of rotatable bonds is 7. The fraction of sp³-hybridized carbons (Fsp3) is 0.316. The maximum absolute atomic E-state index is 13.2. The van der Waals surface area contributed by atoms with Crippen molar-refractivity contribution in [3.63, 3.8) is 0 Å². The molecule has 0 spiro atoms. The highest BCUT2D eigenvalue weighted by Gasteiger charge is 2.14. The van der Waals surface area contributed by atoms with Gasteiger partial charge in [0.25, 0.3) is 5.91 Å². The average molecular weight is 355 g/mol. The number of carbonyl (C=O) groups is 1. The molecule has 0 fully saturated rings. The van der Waals surface area contributed by atoms with Crippen LogP contribution in [0.25, 0.3) is 16.9 Å². The van der Waals surface area contributed by atoms with Crippen LogP contribution in [0.4, 0.5) is 4.39 Å². The SMILES string of the molecule is CCN(CC)CCNC(=O)c1cn2ccnc(-c3ccc(F)cc3)c2n1. The van der Waals surface area contributed by atoms with Gasteiger partial charge in [-0.3, -0.25) is 9.78 Å². The van der Waals surface area contributed by atoms with E-state index in [-0.39, 0.29) is 11.7 Å². The number of nitrogens with one attached hydrogen (secondary N) is 1. The van der Waals surface area contributed by atoms with Crippen molar-refractivity contribution in [2.75, 3.05) is 26.2 Å². The molecule has 7 heteroatoms. The van der Waals surface area contributed by atoms with Gasteiger partial charge in [0.1, 0.15) is 17.2 Å². The molecule has 3 aromatic rings.